The number of pyridine rings is 1. The van der Waals surface area contributed by atoms with Crippen LogP contribution in [0.4, 0.5) is 5.82 Å². The largest absolute Gasteiger partial charge is 0.344 e. The molecule has 0 radical (unpaired) electrons. The van der Waals surface area contributed by atoms with Crippen LogP contribution in [0.3, 0.4) is 0 Å². The number of benzene rings is 3. The van der Waals surface area contributed by atoms with Crippen molar-refractivity contribution in [2.75, 3.05) is 5.32 Å². The van der Waals surface area contributed by atoms with Crippen molar-refractivity contribution < 1.29 is 16.8 Å². The van der Waals surface area contributed by atoms with Crippen LogP contribution in [0.2, 0.25) is 0 Å². The number of nitrogens with one attached hydrogen (secondary N) is 1. The van der Waals surface area contributed by atoms with Gasteiger partial charge in [0.05, 0.1) is 9.79 Å². The highest BCUT2D eigenvalue weighted by Crippen LogP contribution is 2.29. The number of hydrogen-bond donors (Lipinski definition) is 1. The fourth-order valence-corrected chi connectivity index (χ4v) is 6.75. The van der Waals surface area contributed by atoms with Gasteiger partial charge in [-0.1, -0.05) is 60.7 Å². The van der Waals surface area contributed by atoms with E-state index in [0.717, 1.165) is 17.0 Å². The zero-order valence-electron chi connectivity index (χ0n) is 16.2. The minimum atomic E-state index is -4.35. The summed E-state index contributed by atoms with van der Waals surface area (Å²) < 4.78 is 52.6. The van der Waals surface area contributed by atoms with Gasteiger partial charge >= 0.3 is 0 Å². The molecular formula is C23H18N2O4S2. The monoisotopic (exact) mass is 450 g/mol. The summed E-state index contributed by atoms with van der Waals surface area (Å²) in [4.78, 5) is 4.01. The molecule has 0 amide bonds. The van der Waals surface area contributed by atoms with E-state index >= 15 is 0 Å². The summed E-state index contributed by atoms with van der Waals surface area (Å²) in [5.41, 5.74) is 0. The second kappa shape index (κ2) is 8.33. The molecule has 4 rings (SSSR count). The molecule has 8 heteroatoms. The van der Waals surface area contributed by atoms with E-state index in [1.165, 1.54) is 24.3 Å². The molecule has 0 fully saturated rings. The fourth-order valence-electron chi connectivity index (χ4n) is 3.09. The zero-order valence-corrected chi connectivity index (χ0v) is 17.8. The van der Waals surface area contributed by atoms with E-state index in [1.807, 2.05) is 30.3 Å². The Morgan fingerprint density at radius 1 is 0.677 bits per heavy atom. The number of fused-ring (bicyclic) bond motifs is 1. The molecule has 1 aromatic heterocycles. The topological polar surface area (TPSA) is 93.2 Å². The Morgan fingerprint density at radius 2 is 1.19 bits per heavy atom. The number of rotatable bonds is 6. The Kier molecular flexibility index (Phi) is 5.58. The van der Waals surface area contributed by atoms with Crippen molar-refractivity contribution in [3.05, 3.63) is 108 Å². The van der Waals surface area contributed by atoms with Gasteiger partial charge in [-0.2, -0.15) is 0 Å². The van der Waals surface area contributed by atoms with E-state index in [1.54, 1.807) is 42.6 Å². The highest BCUT2D eigenvalue weighted by molar-refractivity contribution is 8.14. The molecule has 4 aromatic rings. The fraction of sp³-hybridized carbons (Fsp3) is 0. The minimum Gasteiger partial charge on any atom is -0.344 e. The first-order chi connectivity index (χ1) is 14.9. The lowest BCUT2D eigenvalue weighted by atomic mass is 10.1. The molecule has 0 aliphatic heterocycles. The van der Waals surface area contributed by atoms with Crippen LogP contribution in [0, 0.1) is 0 Å². The van der Waals surface area contributed by atoms with E-state index < -0.39 is 23.9 Å². The Hall–Kier alpha value is -3.49. The SMILES string of the molecule is O=S(=O)(C(=CNc1nccc2ccccc12)S(=O)(=O)c1ccccc1)c1ccccc1. The van der Waals surface area contributed by atoms with Crippen molar-refractivity contribution >= 4 is 36.3 Å². The molecule has 0 saturated carbocycles. The van der Waals surface area contributed by atoms with E-state index in [2.05, 4.69) is 10.3 Å². The van der Waals surface area contributed by atoms with Crippen molar-refractivity contribution in [2.24, 2.45) is 0 Å². The lowest BCUT2D eigenvalue weighted by Gasteiger charge is -2.12. The summed E-state index contributed by atoms with van der Waals surface area (Å²) in [7, 11) is -8.69. The molecule has 1 N–H and O–H groups in total. The highest BCUT2D eigenvalue weighted by atomic mass is 32.3. The second-order valence-electron chi connectivity index (χ2n) is 6.62. The van der Waals surface area contributed by atoms with Crippen LogP contribution >= 0.6 is 0 Å². The van der Waals surface area contributed by atoms with Gasteiger partial charge < -0.3 is 5.32 Å². The molecule has 156 valence electrons. The van der Waals surface area contributed by atoms with Crippen LogP contribution in [0.15, 0.2) is 117 Å². The van der Waals surface area contributed by atoms with Gasteiger partial charge in [-0.05, 0) is 35.7 Å². The van der Waals surface area contributed by atoms with Gasteiger partial charge in [-0.3, -0.25) is 0 Å². The number of nitrogens with zero attached hydrogens (tertiary/aromatic N) is 1. The first kappa shape index (κ1) is 20.8. The minimum absolute atomic E-state index is 0.117. The number of sulfone groups is 2. The summed E-state index contributed by atoms with van der Waals surface area (Å²) in [6.07, 6.45) is 2.56. The number of aromatic nitrogens is 1. The summed E-state index contributed by atoms with van der Waals surface area (Å²) in [5.74, 6) is 0.349. The van der Waals surface area contributed by atoms with Gasteiger partial charge in [-0.15, -0.1) is 0 Å². The van der Waals surface area contributed by atoms with Crippen LogP contribution in [0.25, 0.3) is 10.8 Å². The molecule has 0 saturated heterocycles. The average Bonchev–Trinajstić information content (AvgIpc) is 2.80. The van der Waals surface area contributed by atoms with E-state index in [4.69, 9.17) is 0 Å². The third kappa shape index (κ3) is 4.08. The van der Waals surface area contributed by atoms with Gasteiger partial charge in [0, 0.05) is 17.8 Å². The third-order valence-corrected chi connectivity index (χ3v) is 9.03. The van der Waals surface area contributed by atoms with Gasteiger partial charge in [0.15, 0.2) is 4.24 Å². The molecule has 3 aromatic carbocycles. The smallest absolute Gasteiger partial charge is 0.219 e. The van der Waals surface area contributed by atoms with E-state index in [9.17, 15) is 16.8 Å². The van der Waals surface area contributed by atoms with Crippen molar-refractivity contribution in [1.29, 1.82) is 0 Å². The second-order valence-corrected chi connectivity index (χ2v) is 10.7. The van der Waals surface area contributed by atoms with Gasteiger partial charge in [0.25, 0.3) is 0 Å². The summed E-state index contributed by atoms with van der Waals surface area (Å²) in [5, 5.41) is 4.42. The molecule has 0 unspecified atom stereocenters. The molecular weight excluding hydrogens is 432 g/mol. The Labute approximate surface area is 180 Å². The average molecular weight is 451 g/mol. The first-order valence-electron chi connectivity index (χ1n) is 9.31. The molecule has 0 spiro atoms. The lowest BCUT2D eigenvalue weighted by Crippen LogP contribution is -2.16. The highest BCUT2D eigenvalue weighted by Gasteiger charge is 2.33. The van der Waals surface area contributed by atoms with Crippen molar-refractivity contribution in [3.8, 4) is 0 Å². The first-order valence-corrected chi connectivity index (χ1v) is 12.3. The molecule has 6 nitrogen and oxygen atoms in total. The van der Waals surface area contributed by atoms with Crippen LogP contribution in [-0.4, -0.2) is 21.8 Å². The van der Waals surface area contributed by atoms with Crippen LogP contribution in [0.5, 0.6) is 0 Å². The molecule has 0 atom stereocenters. The van der Waals surface area contributed by atoms with Gasteiger partial charge in [-0.25, -0.2) is 21.8 Å². The Balaban J connectivity index is 1.89. The van der Waals surface area contributed by atoms with Crippen molar-refractivity contribution in [3.63, 3.8) is 0 Å². The maximum Gasteiger partial charge on any atom is 0.219 e. The zero-order chi connectivity index (χ0) is 21.9. The predicted molar refractivity (Wildman–Crippen MR) is 121 cm³/mol. The maximum absolute atomic E-state index is 13.3. The van der Waals surface area contributed by atoms with Crippen molar-refractivity contribution in [2.45, 2.75) is 9.79 Å². The Bertz CT molecular complexity index is 1390. The molecule has 0 aliphatic rings. The van der Waals surface area contributed by atoms with E-state index in [-0.39, 0.29) is 9.79 Å². The van der Waals surface area contributed by atoms with Gasteiger partial charge in [0.1, 0.15) is 5.82 Å². The van der Waals surface area contributed by atoms with Crippen molar-refractivity contribution in [1.82, 2.24) is 4.98 Å². The van der Waals surface area contributed by atoms with Crippen LogP contribution in [-0.2, 0) is 19.7 Å². The Morgan fingerprint density at radius 3 is 1.77 bits per heavy atom. The number of anilines is 1. The lowest BCUT2D eigenvalue weighted by molar-refractivity contribution is 0.595. The molecule has 0 aliphatic carbocycles. The molecule has 31 heavy (non-hydrogen) atoms. The number of hydrogen-bond acceptors (Lipinski definition) is 6. The normalized spacial score (nSPS) is 11.7. The summed E-state index contributed by atoms with van der Waals surface area (Å²) in [6.45, 7) is 0. The van der Waals surface area contributed by atoms with E-state index in [0.29, 0.717) is 5.82 Å². The standard InChI is InChI=1S/C23H18N2O4S2/c26-30(27,19-10-3-1-4-11-19)22(31(28,29)20-12-5-2-6-13-20)17-25-23-21-14-8-7-9-18(21)15-16-24-23/h1-17H,(H,24,25). The maximum atomic E-state index is 13.3. The van der Waals surface area contributed by atoms with Crippen LogP contribution < -0.4 is 5.32 Å². The quantitative estimate of drug-likeness (QED) is 0.468. The van der Waals surface area contributed by atoms with Gasteiger partial charge in [0.2, 0.25) is 19.7 Å². The molecule has 0 bridgehead atoms. The molecule has 1 heterocycles. The third-order valence-electron chi connectivity index (χ3n) is 4.64. The summed E-state index contributed by atoms with van der Waals surface area (Å²) in [6, 6.07) is 24.1. The summed E-state index contributed by atoms with van der Waals surface area (Å²) >= 11 is 0. The van der Waals surface area contributed by atoms with Crippen LogP contribution in [0.1, 0.15) is 0 Å². The predicted octanol–water partition coefficient (Wildman–Crippen LogP) is 4.39.